The van der Waals surface area contributed by atoms with Gasteiger partial charge in [-0.25, -0.2) is 9.59 Å². The van der Waals surface area contributed by atoms with E-state index >= 15 is 0 Å². The molecule has 0 aliphatic carbocycles. The number of carbonyl (C=O) groups excluding carboxylic acids is 2. The van der Waals surface area contributed by atoms with Crippen molar-refractivity contribution in [3.05, 3.63) is 0 Å². The average molecular weight is 301 g/mol. The Balaban J connectivity index is 2.76. The van der Waals surface area contributed by atoms with E-state index in [0.29, 0.717) is 19.4 Å². The molecule has 9 heteroatoms. The third-order valence-corrected chi connectivity index (χ3v) is 3.29. The summed E-state index contributed by atoms with van der Waals surface area (Å²) in [5.41, 5.74) is 0. The second kappa shape index (κ2) is 7.46. The summed E-state index contributed by atoms with van der Waals surface area (Å²) in [6, 6.07) is -2.93. The zero-order valence-corrected chi connectivity index (χ0v) is 11.7. The Hall–Kier alpha value is -2.32. The molecule has 0 radical (unpaired) electrons. The van der Waals surface area contributed by atoms with Gasteiger partial charge in [0.2, 0.25) is 5.91 Å². The number of aliphatic carboxylic acids is 2. The minimum Gasteiger partial charge on any atom is -0.481 e. The number of urea groups is 1. The van der Waals surface area contributed by atoms with E-state index < -0.39 is 36.5 Å². The fourth-order valence-electron chi connectivity index (χ4n) is 2.22. The molecule has 9 nitrogen and oxygen atoms in total. The van der Waals surface area contributed by atoms with Crippen molar-refractivity contribution < 1.29 is 29.4 Å². The average Bonchev–Trinajstić information content (AvgIpc) is 2.45. The van der Waals surface area contributed by atoms with E-state index in [1.54, 1.807) is 0 Å². The molecule has 1 unspecified atom stereocenters. The number of amides is 3. The third kappa shape index (κ3) is 4.62. The van der Waals surface area contributed by atoms with Crippen LogP contribution in [0.4, 0.5) is 4.79 Å². The Kier molecular flexibility index (Phi) is 5.94. The van der Waals surface area contributed by atoms with Gasteiger partial charge in [-0.3, -0.25) is 9.59 Å². The van der Waals surface area contributed by atoms with Gasteiger partial charge in [-0.15, -0.1) is 0 Å². The molecule has 0 bridgehead atoms. The van der Waals surface area contributed by atoms with Crippen molar-refractivity contribution >= 4 is 23.9 Å². The normalized spacial score (nSPS) is 19.5. The molecule has 118 valence electrons. The maximum absolute atomic E-state index is 12.1. The van der Waals surface area contributed by atoms with E-state index in [-0.39, 0.29) is 5.91 Å². The largest absolute Gasteiger partial charge is 0.481 e. The molecular formula is C12H19N3O6. The molecule has 1 heterocycles. The second-order valence-corrected chi connectivity index (χ2v) is 4.76. The molecule has 0 aromatic carbocycles. The lowest BCUT2D eigenvalue weighted by atomic mass is 10.0. The number of nitrogens with zero attached hydrogens (tertiary/aromatic N) is 1. The van der Waals surface area contributed by atoms with Crippen LogP contribution in [0.15, 0.2) is 0 Å². The minimum atomic E-state index is -1.53. The van der Waals surface area contributed by atoms with Crippen LogP contribution in [-0.2, 0) is 14.4 Å². The minimum absolute atomic E-state index is 0.323. The monoisotopic (exact) mass is 301 g/mol. The number of carboxylic acids is 2. The first-order valence-electron chi connectivity index (χ1n) is 6.60. The van der Waals surface area contributed by atoms with E-state index in [1.165, 1.54) is 11.9 Å². The fourth-order valence-corrected chi connectivity index (χ4v) is 2.22. The summed E-state index contributed by atoms with van der Waals surface area (Å²) in [6.45, 7) is 0.323. The van der Waals surface area contributed by atoms with Crippen LogP contribution in [0.25, 0.3) is 0 Å². The molecule has 0 aromatic rings. The van der Waals surface area contributed by atoms with E-state index in [4.69, 9.17) is 10.2 Å². The molecule has 1 rings (SSSR count). The zero-order chi connectivity index (χ0) is 16.0. The van der Waals surface area contributed by atoms with Crippen LogP contribution < -0.4 is 10.6 Å². The Bertz CT molecular complexity index is 439. The van der Waals surface area contributed by atoms with Crippen molar-refractivity contribution in [1.82, 2.24) is 15.5 Å². The van der Waals surface area contributed by atoms with Gasteiger partial charge in [-0.05, 0) is 19.3 Å². The number of nitrogens with one attached hydrogen (secondary N) is 2. The summed E-state index contributed by atoms with van der Waals surface area (Å²) in [6.07, 6.45) is 1.26. The molecule has 1 aliphatic heterocycles. The molecule has 1 saturated heterocycles. The van der Waals surface area contributed by atoms with E-state index in [9.17, 15) is 19.2 Å². The summed E-state index contributed by atoms with van der Waals surface area (Å²) in [7, 11) is 1.46. The number of likely N-dealkylation sites (N-methyl/N-ethyl adjacent to an activating group) is 1. The molecule has 1 fully saturated rings. The van der Waals surface area contributed by atoms with Gasteiger partial charge in [0.15, 0.2) is 0 Å². The standard InChI is InChI=1S/C12H19N3O6/c1-13-10(18)8-4-2-3-5-15(8)12(21)14-7(11(19)20)6-9(16)17/h7-8H,2-6H2,1H3,(H,13,18)(H,14,21)(H,16,17)(H,19,20)/t7-,8?/m1/s1. The quantitative estimate of drug-likeness (QED) is 0.526. The molecule has 4 N–H and O–H groups in total. The van der Waals surface area contributed by atoms with Crippen molar-refractivity contribution in [1.29, 1.82) is 0 Å². The summed E-state index contributed by atoms with van der Waals surface area (Å²) < 4.78 is 0. The molecule has 0 saturated carbocycles. The van der Waals surface area contributed by atoms with Crippen LogP contribution in [-0.4, -0.2) is 64.7 Å². The molecule has 1 aliphatic rings. The SMILES string of the molecule is CNC(=O)C1CCCCN1C(=O)N[C@H](CC(=O)O)C(=O)O. The highest BCUT2D eigenvalue weighted by Gasteiger charge is 2.33. The number of carboxylic acid groups (broad SMARTS) is 2. The predicted molar refractivity (Wildman–Crippen MR) is 70.6 cm³/mol. The number of carbonyl (C=O) groups is 4. The number of likely N-dealkylation sites (tertiary alicyclic amines) is 1. The van der Waals surface area contributed by atoms with E-state index in [1.807, 2.05) is 0 Å². The van der Waals surface area contributed by atoms with Gasteiger partial charge in [0.25, 0.3) is 0 Å². The summed E-state index contributed by atoms with van der Waals surface area (Å²) in [5.74, 6) is -3.08. The molecular weight excluding hydrogens is 282 g/mol. The molecule has 0 spiro atoms. The zero-order valence-electron chi connectivity index (χ0n) is 11.7. The van der Waals surface area contributed by atoms with Crippen LogP contribution in [0, 0.1) is 0 Å². The fraction of sp³-hybridized carbons (Fsp3) is 0.667. The first-order chi connectivity index (χ1) is 9.86. The van der Waals surface area contributed by atoms with Gasteiger partial charge < -0.3 is 25.7 Å². The first-order valence-corrected chi connectivity index (χ1v) is 6.60. The van der Waals surface area contributed by atoms with Gasteiger partial charge in [-0.1, -0.05) is 0 Å². The highest BCUT2D eigenvalue weighted by molar-refractivity contribution is 5.90. The summed E-state index contributed by atoms with van der Waals surface area (Å²) in [4.78, 5) is 46.6. The lowest BCUT2D eigenvalue weighted by molar-refractivity contribution is -0.145. The number of hydrogen-bond acceptors (Lipinski definition) is 4. The summed E-state index contributed by atoms with van der Waals surface area (Å²) in [5, 5.41) is 22.2. The lowest BCUT2D eigenvalue weighted by Gasteiger charge is -2.34. The molecule has 2 atom stereocenters. The molecule has 0 aromatic heterocycles. The van der Waals surface area contributed by atoms with Crippen molar-refractivity contribution in [3.63, 3.8) is 0 Å². The number of piperidine rings is 1. The highest BCUT2D eigenvalue weighted by atomic mass is 16.4. The van der Waals surface area contributed by atoms with Crippen molar-refractivity contribution in [2.75, 3.05) is 13.6 Å². The lowest BCUT2D eigenvalue weighted by Crippen LogP contribution is -2.57. The van der Waals surface area contributed by atoms with Crippen LogP contribution >= 0.6 is 0 Å². The van der Waals surface area contributed by atoms with Gasteiger partial charge in [0.1, 0.15) is 12.1 Å². The van der Waals surface area contributed by atoms with E-state index in [0.717, 1.165) is 6.42 Å². The molecule has 21 heavy (non-hydrogen) atoms. The van der Waals surface area contributed by atoms with Gasteiger partial charge in [0, 0.05) is 13.6 Å². The van der Waals surface area contributed by atoms with Gasteiger partial charge in [-0.2, -0.15) is 0 Å². The Morgan fingerprint density at radius 3 is 2.43 bits per heavy atom. The second-order valence-electron chi connectivity index (χ2n) is 4.76. The van der Waals surface area contributed by atoms with Crippen LogP contribution in [0.2, 0.25) is 0 Å². The highest BCUT2D eigenvalue weighted by Crippen LogP contribution is 2.17. The smallest absolute Gasteiger partial charge is 0.326 e. The number of rotatable bonds is 5. The predicted octanol–water partition coefficient (Wildman–Crippen LogP) is -0.776. The van der Waals surface area contributed by atoms with Crippen LogP contribution in [0.5, 0.6) is 0 Å². The van der Waals surface area contributed by atoms with Crippen LogP contribution in [0.3, 0.4) is 0 Å². The van der Waals surface area contributed by atoms with Crippen LogP contribution in [0.1, 0.15) is 25.7 Å². The van der Waals surface area contributed by atoms with Crippen molar-refractivity contribution in [3.8, 4) is 0 Å². The number of hydrogen-bond donors (Lipinski definition) is 4. The van der Waals surface area contributed by atoms with E-state index in [2.05, 4.69) is 10.6 Å². The summed E-state index contributed by atoms with van der Waals surface area (Å²) >= 11 is 0. The maximum atomic E-state index is 12.1. The first kappa shape index (κ1) is 16.7. The van der Waals surface area contributed by atoms with Gasteiger partial charge in [0.05, 0.1) is 6.42 Å². The maximum Gasteiger partial charge on any atom is 0.326 e. The Morgan fingerprint density at radius 1 is 1.24 bits per heavy atom. The molecule has 3 amide bonds. The Labute approximate surface area is 121 Å². The third-order valence-electron chi connectivity index (χ3n) is 3.29. The van der Waals surface area contributed by atoms with Crippen molar-refractivity contribution in [2.24, 2.45) is 0 Å². The van der Waals surface area contributed by atoms with Crippen molar-refractivity contribution in [2.45, 2.75) is 37.8 Å². The van der Waals surface area contributed by atoms with Gasteiger partial charge >= 0.3 is 18.0 Å². The topological polar surface area (TPSA) is 136 Å². The Morgan fingerprint density at radius 2 is 1.90 bits per heavy atom.